The fourth-order valence-electron chi connectivity index (χ4n) is 1.66. The number of hydrogen-bond acceptors (Lipinski definition) is 1. The first-order valence-corrected chi connectivity index (χ1v) is 5.41. The van der Waals surface area contributed by atoms with Gasteiger partial charge in [-0.1, -0.05) is 26.0 Å². The Morgan fingerprint density at radius 1 is 1.33 bits per heavy atom. The minimum atomic E-state index is -0.247. The predicted molar refractivity (Wildman–Crippen MR) is 61.4 cm³/mol. The van der Waals surface area contributed by atoms with Crippen molar-refractivity contribution in [3.05, 3.63) is 29.3 Å². The van der Waals surface area contributed by atoms with Crippen molar-refractivity contribution < 1.29 is 9.13 Å². The van der Waals surface area contributed by atoms with Crippen molar-refractivity contribution in [3.63, 3.8) is 0 Å². The summed E-state index contributed by atoms with van der Waals surface area (Å²) >= 11 is 0. The lowest BCUT2D eigenvalue weighted by Crippen LogP contribution is -1.96. The molecule has 0 aliphatic carbocycles. The smallest absolute Gasteiger partial charge is 0.122 e. The number of alkyl halides is 1. The summed E-state index contributed by atoms with van der Waals surface area (Å²) in [7, 11) is 1.68. The fourth-order valence-corrected chi connectivity index (χ4v) is 1.66. The van der Waals surface area contributed by atoms with E-state index in [1.807, 2.05) is 12.1 Å². The highest BCUT2D eigenvalue weighted by Gasteiger charge is 2.07. The lowest BCUT2D eigenvalue weighted by Gasteiger charge is -2.13. The number of hydrogen-bond donors (Lipinski definition) is 0. The molecule has 0 atom stereocenters. The van der Waals surface area contributed by atoms with Crippen LogP contribution in [0.2, 0.25) is 0 Å². The van der Waals surface area contributed by atoms with Crippen molar-refractivity contribution in [2.75, 3.05) is 13.8 Å². The van der Waals surface area contributed by atoms with Crippen LogP contribution in [-0.4, -0.2) is 13.8 Å². The zero-order chi connectivity index (χ0) is 11.3. The van der Waals surface area contributed by atoms with Gasteiger partial charge >= 0.3 is 0 Å². The molecule has 15 heavy (non-hydrogen) atoms. The van der Waals surface area contributed by atoms with Gasteiger partial charge < -0.3 is 4.74 Å². The molecule has 0 heterocycles. The highest BCUT2D eigenvalue weighted by Crippen LogP contribution is 2.27. The first-order chi connectivity index (χ1) is 7.19. The largest absolute Gasteiger partial charge is 0.496 e. The monoisotopic (exact) mass is 210 g/mol. The maximum Gasteiger partial charge on any atom is 0.122 e. The van der Waals surface area contributed by atoms with Crippen LogP contribution in [0.3, 0.4) is 0 Å². The van der Waals surface area contributed by atoms with Crippen molar-refractivity contribution in [2.24, 2.45) is 0 Å². The van der Waals surface area contributed by atoms with Crippen molar-refractivity contribution in [1.29, 1.82) is 0 Å². The van der Waals surface area contributed by atoms with Gasteiger partial charge in [0.25, 0.3) is 0 Å². The summed E-state index contributed by atoms with van der Waals surface area (Å²) in [6, 6.07) is 6.11. The van der Waals surface area contributed by atoms with E-state index < -0.39 is 0 Å². The Morgan fingerprint density at radius 3 is 2.60 bits per heavy atom. The number of rotatable bonds is 5. The number of halogens is 1. The van der Waals surface area contributed by atoms with Crippen molar-refractivity contribution in [2.45, 2.75) is 32.6 Å². The molecule has 1 aromatic carbocycles. The minimum Gasteiger partial charge on any atom is -0.496 e. The summed E-state index contributed by atoms with van der Waals surface area (Å²) in [6.45, 7) is 4.02. The zero-order valence-corrected chi connectivity index (χ0v) is 9.72. The molecule has 0 saturated heterocycles. The molecule has 2 heteroatoms. The highest BCUT2D eigenvalue weighted by molar-refractivity contribution is 5.39. The van der Waals surface area contributed by atoms with Crippen molar-refractivity contribution in [3.8, 4) is 5.75 Å². The average molecular weight is 210 g/mol. The molecule has 0 saturated carbocycles. The lowest BCUT2D eigenvalue weighted by molar-refractivity contribution is 0.407. The quantitative estimate of drug-likeness (QED) is 0.719. The molecular weight excluding hydrogens is 191 g/mol. The van der Waals surface area contributed by atoms with E-state index in [2.05, 4.69) is 19.9 Å². The van der Waals surface area contributed by atoms with Gasteiger partial charge in [-0.2, -0.15) is 0 Å². The van der Waals surface area contributed by atoms with Crippen LogP contribution in [0.15, 0.2) is 18.2 Å². The topological polar surface area (TPSA) is 9.23 Å². The number of ether oxygens (including phenoxy) is 1. The normalized spacial score (nSPS) is 10.7. The Hall–Kier alpha value is -1.05. The third-order valence-electron chi connectivity index (χ3n) is 2.52. The van der Waals surface area contributed by atoms with Gasteiger partial charge in [0.15, 0.2) is 0 Å². The molecule has 0 N–H and O–H groups in total. The second kappa shape index (κ2) is 5.74. The molecule has 1 nitrogen and oxygen atoms in total. The first-order valence-electron chi connectivity index (χ1n) is 5.41. The van der Waals surface area contributed by atoms with E-state index in [4.69, 9.17) is 4.74 Å². The lowest BCUT2D eigenvalue weighted by atomic mass is 9.98. The van der Waals surface area contributed by atoms with Gasteiger partial charge in [0.05, 0.1) is 13.8 Å². The van der Waals surface area contributed by atoms with Gasteiger partial charge in [-0.15, -0.1) is 0 Å². The predicted octanol–water partition coefficient (Wildman–Crippen LogP) is 3.72. The molecule has 0 unspecified atom stereocenters. The summed E-state index contributed by atoms with van der Waals surface area (Å²) in [4.78, 5) is 0. The molecule has 1 rings (SSSR count). The molecule has 1 aromatic rings. The Bertz CT molecular complexity index is 307. The van der Waals surface area contributed by atoms with Crippen LogP contribution in [0.25, 0.3) is 0 Å². The summed E-state index contributed by atoms with van der Waals surface area (Å²) < 4.78 is 17.4. The van der Waals surface area contributed by atoms with Gasteiger partial charge in [0, 0.05) is 0 Å². The number of methoxy groups -OCH3 is 1. The van der Waals surface area contributed by atoms with Crippen LogP contribution in [0, 0.1) is 0 Å². The van der Waals surface area contributed by atoms with E-state index in [-0.39, 0.29) is 6.67 Å². The van der Waals surface area contributed by atoms with Gasteiger partial charge in [-0.25, -0.2) is 0 Å². The molecule has 0 amide bonds. The van der Waals surface area contributed by atoms with Gasteiger partial charge in [0.2, 0.25) is 0 Å². The minimum absolute atomic E-state index is 0.247. The number of benzene rings is 1. The summed E-state index contributed by atoms with van der Waals surface area (Å²) in [5.41, 5.74) is 2.39. The van der Waals surface area contributed by atoms with Crippen LogP contribution in [0.5, 0.6) is 5.75 Å². The van der Waals surface area contributed by atoms with Gasteiger partial charge in [-0.3, -0.25) is 4.39 Å². The Kier molecular flexibility index (Phi) is 4.60. The summed E-state index contributed by atoms with van der Waals surface area (Å²) in [5.74, 6) is 1.36. The SMILES string of the molecule is COc1ccc(CCCF)cc1C(C)C. The molecule has 0 aliphatic heterocycles. The maximum absolute atomic E-state index is 12.1. The summed E-state index contributed by atoms with van der Waals surface area (Å²) in [6.07, 6.45) is 1.41. The highest BCUT2D eigenvalue weighted by atomic mass is 19.1. The standard InChI is InChI=1S/C13H19FO/c1-10(2)12-9-11(5-4-8-14)6-7-13(12)15-3/h6-7,9-10H,4-5,8H2,1-3H3. The van der Waals surface area contributed by atoms with E-state index in [0.29, 0.717) is 12.3 Å². The third-order valence-corrected chi connectivity index (χ3v) is 2.52. The molecule has 0 aromatic heterocycles. The molecule has 0 radical (unpaired) electrons. The van der Waals surface area contributed by atoms with E-state index in [9.17, 15) is 4.39 Å². The van der Waals surface area contributed by atoms with Gasteiger partial charge in [-0.05, 0) is 36.0 Å². The van der Waals surface area contributed by atoms with Crippen LogP contribution in [0.1, 0.15) is 37.3 Å². The third kappa shape index (κ3) is 3.22. The van der Waals surface area contributed by atoms with Crippen molar-refractivity contribution in [1.82, 2.24) is 0 Å². The van der Waals surface area contributed by atoms with Crippen molar-refractivity contribution >= 4 is 0 Å². The van der Waals surface area contributed by atoms with E-state index in [0.717, 1.165) is 12.2 Å². The Balaban J connectivity index is 2.89. The second-order valence-corrected chi connectivity index (χ2v) is 4.02. The van der Waals surface area contributed by atoms with Crippen LogP contribution < -0.4 is 4.74 Å². The first kappa shape index (κ1) is 12.0. The van der Waals surface area contributed by atoms with Gasteiger partial charge in [0.1, 0.15) is 5.75 Å². The maximum atomic E-state index is 12.1. The molecule has 0 fully saturated rings. The zero-order valence-electron chi connectivity index (χ0n) is 9.72. The van der Waals surface area contributed by atoms with E-state index >= 15 is 0 Å². The molecule has 0 spiro atoms. The van der Waals surface area contributed by atoms with Crippen LogP contribution in [-0.2, 0) is 6.42 Å². The summed E-state index contributed by atoms with van der Waals surface area (Å²) in [5, 5.41) is 0. The van der Waals surface area contributed by atoms with E-state index in [1.165, 1.54) is 11.1 Å². The fraction of sp³-hybridized carbons (Fsp3) is 0.538. The van der Waals surface area contributed by atoms with Crippen LogP contribution >= 0.6 is 0 Å². The molecule has 84 valence electrons. The van der Waals surface area contributed by atoms with E-state index in [1.54, 1.807) is 7.11 Å². The molecule has 0 aliphatic rings. The molecule has 0 bridgehead atoms. The Labute approximate surface area is 91.3 Å². The Morgan fingerprint density at radius 2 is 2.07 bits per heavy atom. The second-order valence-electron chi connectivity index (χ2n) is 4.02. The average Bonchev–Trinajstić information content (AvgIpc) is 2.25. The number of aryl methyl sites for hydroxylation is 1. The van der Waals surface area contributed by atoms with Crippen LogP contribution in [0.4, 0.5) is 4.39 Å². The molecular formula is C13H19FO.